The fourth-order valence-electron chi connectivity index (χ4n) is 2.20. The molecule has 1 amide bonds. The number of fused-ring (bicyclic) bond motifs is 1. The zero-order valence-electron chi connectivity index (χ0n) is 10.4. The first kappa shape index (κ1) is 12.5. The van der Waals surface area contributed by atoms with E-state index in [9.17, 15) is 9.90 Å². The molecular formula is C13H15N3O2S. The number of hydrogen-bond acceptors (Lipinski definition) is 4. The number of amides is 1. The largest absolute Gasteiger partial charge is 0.380 e. The van der Waals surface area contributed by atoms with Crippen LogP contribution in [0.2, 0.25) is 0 Å². The van der Waals surface area contributed by atoms with E-state index in [1.807, 2.05) is 24.3 Å². The molecule has 2 N–H and O–H groups in total. The lowest BCUT2D eigenvalue weighted by Gasteiger charge is -2.30. The molecule has 1 fully saturated rings. The van der Waals surface area contributed by atoms with Crippen LogP contribution in [0.25, 0.3) is 11.0 Å². The van der Waals surface area contributed by atoms with E-state index in [2.05, 4.69) is 10.4 Å². The molecule has 6 heteroatoms. The van der Waals surface area contributed by atoms with Crippen LogP contribution in [0.1, 0.15) is 12.8 Å². The third-order valence-electron chi connectivity index (χ3n) is 3.42. The molecule has 3 rings (SSSR count). The lowest BCUT2D eigenvalue weighted by molar-refractivity contribution is -0.135. The number of imidazole rings is 1. The van der Waals surface area contributed by atoms with Gasteiger partial charge in [0.2, 0.25) is 0 Å². The van der Waals surface area contributed by atoms with Crippen LogP contribution in [0, 0.1) is 0 Å². The molecule has 0 unspecified atom stereocenters. The van der Waals surface area contributed by atoms with Crippen molar-refractivity contribution in [1.29, 1.82) is 0 Å². The van der Waals surface area contributed by atoms with Gasteiger partial charge in [0, 0.05) is 0 Å². The molecular weight excluding hydrogens is 262 g/mol. The summed E-state index contributed by atoms with van der Waals surface area (Å²) in [6.45, 7) is 0. The maximum Gasteiger partial charge on any atom is 0.270 e. The number of hydrogen-bond donors (Lipinski definition) is 2. The van der Waals surface area contributed by atoms with Gasteiger partial charge in [0.05, 0.1) is 11.0 Å². The number of thioether (sulfide) groups is 1. The molecule has 5 nitrogen and oxygen atoms in total. The molecule has 1 aliphatic rings. The van der Waals surface area contributed by atoms with E-state index in [0.29, 0.717) is 12.8 Å². The third kappa shape index (κ3) is 2.33. The minimum atomic E-state index is -1.25. The van der Waals surface area contributed by atoms with E-state index in [4.69, 9.17) is 0 Å². The first-order chi connectivity index (χ1) is 9.19. The number of aliphatic hydroxyl groups is 1. The van der Waals surface area contributed by atoms with Crippen LogP contribution in [-0.4, -0.2) is 37.8 Å². The van der Waals surface area contributed by atoms with Crippen LogP contribution in [0.3, 0.4) is 0 Å². The van der Waals surface area contributed by atoms with Gasteiger partial charge in [-0.1, -0.05) is 12.1 Å². The van der Waals surface area contributed by atoms with Gasteiger partial charge >= 0.3 is 0 Å². The Morgan fingerprint density at radius 2 is 2.11 bits per heavy atom. The second kappa shape index (κ2) is 4.86. The molecule has 1 aromatic carbocycles. The van der Waals surface area contributed by atoms with Crippen LogP contribution in [0.5, 0.6) is 0 Å². The highest BCUT2D eigenvalue weighted by Crippen LogP contribution is 2.27. The Balaban J connectivity index is 1.82. The van der Waals surface area contributed by atoms with Gasteiger partial charge in [-0.2, -0.15) is 11.8 Å². The summed E-state index contributed by atoms with van der Waals surface area (Å²) in [6, 6.07) is 7.54. The number of aromatic nitrogens is 2. The quantitative estimate of drug-likeness (QED) is 0.870. The number of nitrogens with zero attached hydrogens (tertiary/aromatic N) is 2. The fourth-order valence-corrected chi connectivity index (χ4v) is 3.37. The lowest BCUT2D eigenvalue weighted by atomic mass is 9.96. The Hall–Kier alpha value is -1.53. The minimum Gasteiger partial charge on any atom is -0.380 e. The maximum absolute atomic E-state index is 12.2. The van der Waals surface area contributed by atoms with Gasteiger partial charge in [-0.15, -0.1) is 0 Å². The smallest absolute Gasteiger partial charge is 0.270 e. The van der Waals surface area contributed by atoms with Crippen LogP contribution in [-0.2, 0) is 4.79 Å². The van der Waals surface area contributed by atoms with Crippen LogP contribution < -0.4 is 5.43 Å². The van der Waals surface area contributed by atoms with Crippen LogP contribution >= 0.6 is 11.8 Å². The van der Waals surface area contributed by atoms with Crippen molar-refractivity contribution in [2.24, 2.45) is 0 Å². The van der Waals surface area contributed by atoms with Crippen molar-refractivity contribution in [3.8, 4) is 0 Å². The second-order valence-corrected chi connectivity index (χ2v) is 5.91. The Labute approximate surface area is 115 Å². The lowest BCUT2D eigenvalue weighted by Crippen LogP contribution is -2.47. The summed E-state index contributed by atoms with van der Waals surface area (Å²) >= 11 is 1.77. The summed E-state index contributed by atoms with van der Waals surface area (Å²) in [7, 11) is 0. The highest BCUT2D eigenvalue weighted by atomic mass is 32.2. The van der Waals surface area contributed by atoms with Crippen molar-refractivity contribution in [2.75, 3.05) is 16.9 Å². The number of nitrogens with one attached hydrogen (secondary N) is 1. The average molecular weight is 277 g/mol. The topological polar surface area (TPSA) is 67.2 Å². The molecule has 0 radical (unpaired) electrons. The van der Waals surface area contributed by atoms with Gasteiger partial charge < -0.3 is 5.11 Å². The molecule has 0 atom stereocenters. The van der Waals surface area contributed by atoms with Crippen molar-refractivity contribution in [3.05, 3.63) is 30.6 Å². The third-order valence-corrected chi connectivity index (χ3v) is 4.40. The van der Waals surface area contributed by atoms with Crippen molar-refractivity contribution >= 4 is 28.7 Å². The SMILES string of the molecule is O=C(Nn1cnc2ccccc21)C1(O)CCSCC1. The number of carbonyl (C=O) groups is 1. The molecule has 0 spiro atoms. The summed E-state index contributed by atoms with van der Waals surface area (Å²) in [5.74, 6) is 1.28. The Morgan fingerprint density at radius 1 is 1.37 bits per heavy atom. The first-order valence-corrected chi connectivity index (χ1v) is 7.38. The number of benzene rings is 1. The van der Waals surface area contributed by atoms with Crippen LogP contribution in [0.4, 0.5) is 0 Å². The first-order valence-electron chi connectivity index (χ1n) is 6.23. The van der Waals surface area contributed by atoms with E-state index in [0.717, 1.165) is 22.5 Å². The summed E-state index contributed by atoms with van der Waals surface area (Å²) in [5.41, 5.74) is 3.12. The van der Waals surface area contributed by atoms with Gasteiger partial charge in [0.25, 0.3) is 5.91 Å². The van der Waals surface area contributed by atoms with Gasteiger partial charge in [0.1, 0.15) is 11.9 Å². The van der Waals surface area contributed by atoms with E-state index in [1.165, 1.54) is 0 Å². The summed E-state index contributed by atoms with van der Waals surface area (Å²) in [6.07, 6.45) is 2.55. The van der Waals surface area contributed by atoms with Crippen molar-refractivity contribution in [3.63, 3.8) is 0 Å². The standard InChI is InChI=1S/C13H15N3O2S/c17-12(13(18)5-7-19-8-6-13)15-16-9-14-10-3-1-2-4-11(10)16/h1-4,9,18H,5-8H2,(H,15,17). The number of para-hydroxylation sites is 2. The molecule has 0 aliphatic carbocycles. The van der Waals surface area contributed by atoms with E-state index in [-0.39, 0.29) is 5.91 Å². The highest BCUT2D eigenvalue weighted by Gasteiger charge is 2.37. The summed E-state index contributed by atoms with van der Waals surface area (Å²) < 4.78 is 1.57. The molecule has 2 aromatic rings. The van der Waals surface area contributed by atoms with E-state index in [1.54, 1.807) is 22.8 Å². The minimum absolute atomic E-state index is 0.351. The van der Waals surface area contributed by atoms with Gasteiger partial charge in [-0.05, 0) is 36.5 Å². The highest BCUT2D eigenvalue weighted by molar-refractivity contribution is 7.99. The van der Waals surface area contributed by atoms with Gasteiger partial charge in [-0.25, -0.2) is 9.66 Å². The number of carbonyl (C=O) groups excluding carboxylic acids is 1. The predicted molar refractivity (Wildman–Crippen MR) is 75.6 cm³/mol. The number of rotatable bonds is 2. The average Bonchev–Trinajstić information content (AvgIpc) is 2.83. The van der Waals surface area contributed by atoms with E-state index >= 15 is 0 Å². The van der Waals surface area contributed by atoms with Crippen molar-refractivity contribution < 1.29 is 9.90 Å². The molecule has 1 aromatic heterocycles. The van der Waals surface area contributed by atoms with Gasteiger partial charge in [-0.3, -0.25) is 10.2 Å². The normalized spacial score (nSPS) is 18.4. The predicted octanol–water partition coefficient (Wildman–Crippen LogP) is 1.36. The second-order valence-electron chi connectivity index (χ2n) is 4.69. The summed E-state index contributed by atoms with van der Waals surface area (Å²) in [5, 5.41) is 10.4. The van der Waals surface area contributed by atoms with Crippen LogP contribution in [0.15, 0.2) is 30.6 Å². The Bertz CT molecular complexity index is 605. The van der Waals surface area contributed by atoms with Gasteiger partial charge in [0.15, 0.2) is 0 Å². The van der Waals surface area contributed by atoms with Crippen molar-refractivity contribution in [1.82, 2.24) is 9.66 Å². The fraction of sp³-hybridized carbons (Fsp3) is 0.385. The summed E-state index contributed by atoms with van der Waals surface area (Å²) in [4.78, 5) is 16.4. The molecule has 100 valence electrons. The zero-order chi connectivity index (χ0) is 13.3. The molecule has 1 saturated heterocycles. The maximum atomic E-state index is 12.2. The monoisotopic (exact) mass is 277 g/mol. The molecule has 0 saturated carbocycles. The van der Waals surface area contributed by atoms with Crippen molar-refractivity contribution in [2.45, 2.75) is 18.4 Å². The molecule has 19 heavy (non-hydrogen) atoms. The Morgan fingerprint density at radius 3 is 2.89 bits per heavy atom. The molecule has 2 heterocycles. The molecule has 1 aliphatic heterocycles. The Kier molecular flexibility index (Phi) is 3.20. The zero-order valence-corrected chi connectivity index (χ0v) is 11.2. The van der Waals surface area contributed by atoms with E-state index < -0.39 is 5.60 Å². The molecule has 0 bridgehead atoms.